The van der Waals surface area contributed by atoms with E-state index in [9.17, 15) is 4.79 Å². The van der Waals surface area contributed by atoms with Crippen LogP contribution in [0.5, 0.6) is 0 Å². The van der Waals surface area contributed by atoms with Gasteiger partial charge in [-0.3, -0.25) is 0 Å². The smallest absolute Gasteiger partial charge is 0.335 e. The highest BCUT2D eigenvalue weighted by atomic mass is 32.2. The maximum absolute atomic E-state index is 11.1. The molecule has 2 aromatic rings. The van der Waals surface area contributed by atoms with Crippen molar-refractivity contribution in [2.75, 3.05) is 6.26 Å². The fourth-order valence-corrected chi connectivity index (χ4v) is 3.88. The molecule has 0 aliphatic heterocycles. The van der Waals surface area contributed by atoms with Crippen molar-refractivity contribution >= 4 is 28.8 Å². The number of carbonyl (C=O) groups is 1. The molecule has 0 radical (unpaired) electrons. The molecule has 0 saturated heterocycles. The molecule has 0 spiro atoms. The van der Waals surface area contributed by atoms with E-state index in [1.165, 1.54) is 25.7 Å². The molecular formula is C14H17N3O2S. The van der Waals surface area contributed by atoms with Crippen LogP contribution < -0.4 is 0 Å². The molecular weight excluding hydrogens is 274 g/mol. The minimum atomic E-state index is -0.917. The van der Waals surface area contributed by atoms with Gasteiger partial charge >= 0.3 is 5.97 Å². The summed E-state index contributed by atoms with van der Waals surface area (Å²) in [4.78, 5) is 11.1. The largest absolute Gasteiger partial charge is 0.478 e. The molecule has 0 bridgehead atoms. The Morgan fingerprint density at radius 2 is 2.20 bits per heavy atom. The van der Waals surface area contributed by atoms with Gasteiger partial charge in [0.2, 0.25) is 0 Å². The average molecular weight is 291 g/mol. The lowest BCUT2D eigenvalue weighted by atomic mass is 10.1. The zero-order valence-corrected chi connectivity index (χ0v) is 12.2. The first kappa shape index (κ1) is 13.4. The molecule has 6 heteroatoms. The van der Waals surface area contributed by atoms with Gasteiger partial charge in [-0.1, -0.05) is 18.1 Å². The number of benzene rings is 1. The van der Waals surface area contributed by atoms with Crippen LogP contribution >= 0.6 is 11.8 Å². The first-order chi connectivity index (χ1) is 9.63. The van der Waals surface area contributed by atoms with Crippen molar-refractivity contribution in [3.05, 3.63) is 23.8 Å². The number of carboxylic acids is 1. The number of thioether (sulfide) groups is 1. The maximum Gasteiger partial charge on any atom is 0.335 e. The van der Waals surface area contributed by atoms with Crippen LogP contribution in [0.2, 0.25) is 0 Å². The Hall–Kier alpha value is -1.56. The average Bonchev–Trinajstić information content (AvgIpc) is 3.07. The van der Waals surface area contributed by atoms with Crippen LogP contribution in [-0.4, -0.2) is 37.1 Å². The van der Waals surface area contributed by atoms with Gasteiger partial charge in [0.25, 0.3) is 0 Å². The van der Waals surface area contributed by atoms with Crippen molar-refractivity contribution in [3.63, 3.8) is 0 Å². The zero-order valence-electron chi connectivity index (χ0n) is 11.4. The van der Waals surface area contributed by atoms with Gasteiger partial charge in [-0.15, -0.1) is 5.10 Å². The fraction of sp³-hybridized carbons (Fsp3) is 0.500. The van der Waals surface area contributed by atoms with E-state index in [1.807, 2.05) is 16.4 Å². The first-order valence-electron chi connectivity index (χ1n) is 6.75. The van der Waals surface area contributed by atoms with Crippen molar-refractivity contribution in [2.45, 2.75) is 37.0 Å². The van der Waals surface area contributed by atoms with Gasteiger partial charge in [0.05, 0.1) is 17.6 Å². The van der Waals surface area contributed by atoms with E-state index in [1.54, 1.807) is 18.2 Å². The Kier molecular flexibility index (Phi) is 3.41. The number of carboxylic acid groups (broad SMARTS) is 1. The quantitative estimate of drug-likeness (QED) is 0.938. The van der Waals surface area contributed by atoms with Crippen LogP contribution in [-0.2, 0) is 6.54 Å². The molecule has 1 aromatic carbocycles. The second-order valence-electron chi connectivity index (χ2n) is 5.35. The third-order valence-electron chi connectivity index (χ3n) is 4.15. The summed E-state index contributed by atoms with van der Waals surface area (Å²) in [6.45, 7) is 0.799. The highest BCUT2D eigenvalue weighted by Crippen LogP contribution is 2.41. The number of nitrogens with zero attached hydrogens (tertiary/aromatic N) is 3. The van der Waals surface area contributed by atoms with Crippen molar-refractivity contribution in [2.24, 2.45) is 0 Å². The summed E-state index contributed by atoms with van der Waals surface area (Å²) >= 11 is 1.89. The Morgan fingerprint density at radius 3 is 2.85 bits per heavy atom. The van der Waals surface area contributed by atoms with E-state index >= 15 is 0 Å². The first-order valence-corrected chi connectivity index (χ1v) is 7.98. The SMILES string of the molecule is CSC1(Cn2nnc3ccc(C(=O)O)cc32)CCCC1. The molecule has 1 fully saturated rings. The summed E-state index contributed by atoms with van der Waals surface area (Å²) in [5.74, 6) is -0.917. The second kappa shape index (κ2) is 5.09. The molecule has 106 valence electrons. The Morgan fingerprint density at radius 1 is 1.45 bits per heavy atom. The van der Waals surface area contributed by atoms with Gasteiger partial charge in [0.1, 0.15) is 5.52 Å². The van der Waals surface area contributed by atoms with Crippen molar-refractivity contribution in [3.8, 4) is 0 Å². The molecule has 1 heterocycles. The number of rotatable bonds is 4. The van der Waals surface area contributed by atoms with Crippen LogP contribution in [0.15, 0.2) is 18.2 Å². The molecule has 1 aromatic heterocycles. The monoisotopic (exact) mass is 291 g/mol. The highest BCUT2D eigenvalue weighted by molar-refractivity contribution is 8.00. The predicted molar refractivity (Wildman–Crippen MR) is 79.2 cm³/mol. The van der Waals surface area contributed by atoms with Gasteiger partial charge in [-0.05, 0) is 37.3 Å². The van der Waals surface area contributed by atoms with Crippen molar-refractivity contribution < 1.29 is 9.90 Å². The third kappa shape index (κ3) is 2.28. The van der Waals surface area contributed by atoms with E-state index < -0.39 is 5.97 Å². The summed E-state index contributed by atoms with van der Waals surface area (Å²) in [6, 6.07) is 4.97. The van der Waals surface area contributed by atoms with Gasteiger partial charge in [-0.2, -0.15) is 11.8 Å². The lowest BCUT2D eigenvalue weighted by Gasteiger charge is -2.26. The standard InChI is InChI=1S/C14H17N3O2S/c1-20-14(6-2-3-7-14)9-17-12-8-10(13(18)19)4-5-11(12)15-16-17/h4-5,8H,2-3,6-7,9H2,1H3,(H,18,19). The van der Waals surface area contributed by atoms with E-state index in [0.29, 0.717) is 0 Å². The topological polar surface area (TPSA) is 68.0 Å². The predicted octanol–water partition coefficient (Wildman–Crippen LogP) is 2.81. The zero-order chi connectivity index (χ0) is 14.2. The van der Waals surface area contributed by atoms with Crippen LogP contribution in [0.3, 0.4) is 0 Å². The lowest BCUT2D eigenvalue weighted by molar-refractivity contribution is 0.0697. The van der Waals surface area contributed by atoms with Crippen LogP contribution in [0, 0.1) is 0 Å². The molecule has 20 heavy (non-hydrogen) atoms. The molecule has 0 amide bonds. The Labute approximate surface area is 121 Å². The number of fused-ring (bicyclic) bond motifs is 1. The van der Waals surface area contributed by atoms with Crippen LogP contribution in [0.4, 0.5) is 0 Å². The van der Waals surface area contributed by atoms with Crippen LogP contribution in [0.1, 0.15) is 36.0 Å². The Bertz CT molecular complexity index is 647. The molecule has 0 atom stereocenters. The molecule has 3 rings (SSSR count). The minimum Gasteiger partial charge on any atom is -0.478 e. The number of aromatic nitrogens is 3. The van der Waals surface area contributed by atoms with E-state index in [-0.39, 0.29) is 10.3 Å². The molecule has 1 aliphatic carbocycles. The third-order valence-corrected chi connectivity index (χ3v) is 5.55. The minimum absolute atomic E-state index is 0.222. The molecule has 0 unspecified atom stereocenters. The molecule has 5 nitrogen and oxygen atoms in total. The summed E-state index contributed by atoms with van der Waals surface area (Å²) < 4.78 is 2.09. The van der Waals surface area contributed by atoms with Crippen LogP contribution in [0.25, 0.3) is 11.0 Å². The Balaban J connectivity index is 1.98. The summed E-state index contributed by atoms with van der Waals surface area (Å²) in [6.07, 6.45) is 7.04. The summed E-state index contributed by atoms with van der Waals surface area (Å²) in [7, 11) is 0. The maximum atomic E-state index is 11.1. The van der Waals surface area contributed by atoms with Gasteiger partial charge < -0.3 is 5.11 Å². The lowest BCUT2D eigenvalue weighted by Crippen LogP contribution is -2.27. The number of hydrogen-bond acceptors (Lipinski definition) is 4. The molecule has 1 saturated carbocycles. The van der Waals surface area contributed by atoms with E-state index in [4.69, 9.17) is 5.11 Å². The molecule has 1 aliphatic rings. The number of aromatic carboxylic acids is 1. The van der Waals surface area contributed by atoms with E-state index in [2.05, 4.69) is 16.6 Å². The molecule has 1 N–H and O–H groups in total. The van der Waals surface area contributed by atoms with Gasteiger partial charge in [0.15, 0.2) is 0 Å². The summed E-state index contributed by atoms with van der Waals surface area (Å²) in [5.41, 5.74) is 1.85. The highest BCUT2D eigenvalue weighted by Gasteiger charge is 2.34. The van der Waals surface area contributed by atoms with Gasteiger partial charge in [0, 0.05) is 4.75 Å². The number of hydrogen-bond donors (Lipinski definition) is 1. The van der Waals surface area contributed by atoms with Gasteiger partial charge in [-0.25, -0.2) is 9.48 Å². The summed E-state index contributed by atoms with van der Waals surface area (Å²) in [5, 5.41) is 17.4. The second-order valence-corrected chi connectivity index (χ2v) is 6.62. The fourth-order valence-electron chi connectivity index (χ4n) is 2.93. The van der Waals surface area contributed by atoms with E-state index in [0.717, 1.165) is 17.6 Å². The van der Waals surface area contributed by atoms with Crippen molar-refractivity contribution in [1.82, 2.24) is 15.0 Å². The normalized spacial score (nSPS) is 17.6. The van der Waals surface area contributed by atoms with Crippen molar-refractivity contribution in [1.29, 1.82) is 0 Å².